The molecular formula is C10H20N2O3. The highest BCUT2D eigenvalue weighted by Crippen LogP contribution is 1.99. The molecule has 5 heteroatoms. The lowest BCUT2D eigenvalue weighted by Crippen LogP contribution is -2.32. The predicted molar refractivity (Wildman–Crippen MR) is 57.6 cm³/mol. The number of nitrogens with zero attached hydrogens (tertiary/aromatic N) is 2. The lowest BCUT2D eigenvalue weighted by atomic mass is 10.2. The maximum atomic E-state index is 11.2. The summed E-state index contributed by atoms with van der Waals surface area (Å²) < 4.78 is 0. The van der Waals surface area contributed by atoms with Crippen LogP contribution in [0.4, 0.5) is 0 Å². The zero-order valence-electron chi connectivity index (χ0n) is 9.86. The van der Waals surface area contributed by atoms with Gasteiger partial charge in [-0.1, -0.05) is 6.92 Å². The minimum Gasteiger partial charge on any atom is -0.481 e. The van der Waals surface area contributed by atoms with Gasteiger partial charge in [0.2, 0.25) is 5.91 Å². The number of hydrogen-bond donors (Lipinski definition) is 1. The van der Waals surface area contributed by atoms with E-state index in [1.54, 1.807) is 21.0 Å². The summed E-state index contributed by atoms with van der Waals surface area (Å²) in [6.07, 6.45) is 0.426. The normalized spacial score (nSPS) is 12.6. The molecule has 0 aliphatic rings. The fraction of sp³-hybridized carbons (Fsp3) is 0.800. The minimum atomic E-state index is -0.805. The molecule has 1 N–H and O–H groups in total. The molecule has 0 aromatic rings. The molecule has 88 valence electrons. The Kier molecular flexibility index (Phi) is 5.93. The number of carbonyl (C=O) groups is 2. The zero-order valence-corrected chi connectivity index (χ0v) is 9.86. The minimum absolute atomic E-state index is 0.0600. The summed E-state index contributed by atoms with van der Waals surface area (Å²) in [6, 6.07) is 0. The van der Waals surface area contributed by atoms with E-state index in [0.29, 0.717) is 19.5 Å². The Morgan fingerprint density at radius 3 is 2.20 bits per heavy atom. The van der Waals surface area contributed by atoms with Gasteiger partial charge in [-0.3, -0.25) is 9.59 Å². The summed E-state index contributed by atoms with van der Waals surface area (Å²) in [5.41, 5.74) is 0. The predicted octanol–water partition coefficient (Wildman–Crippen LogP) is 0.117. The fourth-order valence-corrected chi connectivity index (χ4v) is 1.15. The summed E-state index contributed by atoms with van der Waals surface area (Å²) in [6.45, 7) is 2.72. The Bertz CT molecular complexity index is 229. The van der Waals surface area contributed by atoms with Gasteiger partial charge in [-0.05, 0) is 7.05 Å². The van der Waals surface area contributed by atoms with Crippen LogP contribution in [0.5, 0.6) is 0 Å². The van der Waals surface area contributed by atoms with Crippen LogP contribution in [0.15, 0.2) is 0 Å². The summed E-state index contributed by atoms with van der Waals surface area (Å²) in [5, 5.41) is 8.69. The van der Waals surface area contributed by atoms with Crippen LogP contribution in [0, 0.1) is 5.92 Å². The number of hydrogen-bond acceptors (Lipinski definition) is 3. The molecule has 0 spiro atoms. The van der Waals surface area contributed by atoms with Gasteiger partial charge >= 0.3 is 5.97 Å². The van der Waals surface area contributed by atoms with Crippen molar-refractivity contribution >= 4 is 11.9 Å². The molecule has 0 saturated carbocycles. The van der Waals surface area contributed by atoms with Crippen molar-refractivity contribution in [3.05, 3.63) is 0 Å². The molecule has 0 aliphatic carbocycles. The first-order valence-corrected chi connectivity index (χ1v) is 4.96. The van der Waals surface area contributed by atoms with Crippen LogP contribution in [0.2, 0.25) is 0 Å². The first-order valence-electron chi connectivity index (χ1n) is 4.96. The van der Waals surface area contributed by atoms with E-state index in [1.807, 2.05) is 11.9 Å². The van der Waals surface area contributed by atoms with Gasteiger partial charge in [-0.15, -0.1) is 0 Å². The maximum absolute atomic E-state index is 11.2. The second-order valence-corrected chi connectivity index (χ2v) is 4.04. The van der Waals surface area contributed by atoms with E-state index in [2.05, 4.69) is 0 Å². The second-order valence-electron chi connectivity index (χ2n) is 4.04. The lowest BCUT2D eigenvalue weighted by Gasteiger charge is -2.19. The molecule has 1 amide bonds. The van der Waals surface area contributed by atoms with Crippen molar-refractivity contribution in [1.29, 1.82) is 0 Å². The zero-order chi connectivity index (χ0) is 12.0. The van der Waals surface area contributed by atoms with Crippen LogP contribution in [0.3, 0.4) is 0 Å². The fourth-order valence-electron chi connectivity index (χ4n) is 1.15. The van der Waals surface area contributed by atoms with Crippen LogP contribution in [-0.4, -0.2) is 61.0 Å². The van der Waals surface area contributed by atoms with Crippen molar-refractivity contribution in [2.45, 2.75) is 13.3 Å². The van der Waals surface area contributed by atoms with Gasteiger partial charge in [0.05, 0.1) is 5.92 Å². The standard InChI is InChI=1S/C10H20N2O3/c1-8(10(14)15)7-12(4)6-5-9(13)11(2)3/h8H,5-7H2,1-4H3,(H,14,15). The van der Waals surface area contributed by atoms with E-state index >= 15 is 0 Å². The molecule has 0 saturated heterocycles. The smallest absolute Gasteiger partial charge is 0.307 e. The maximum Gasteiger partial charge on any atom is 0.307 e. The quantitative estimate of drug-likeness (QED) is 0.685. The molecule has 0 heterocycles. The van der Waals surface area contributed by atoms with Crippen molar-refractivity contribution in [3.8, 4) is 0 Å². The number of rotatable bonds is 6. The van der Waals surface area contributed by atoms with E-state index in [1.165, 1.54) is 4.90 Å². The third-order valence-electron chi connectivity index (χ3n) is 2.21. The molecule has 0 radical (unpaired) electrons. The Morgan fingerprint density at radius 2 is 1.80 bits per heavy atom. The van der Waals surface area contributed by atoms with Gasteiger partial charge in [0.15, 0.2) is 0 Å². The van der Waals surface area contributed by atoms with Crippen molar-refractivity contribution in [2.24, 2.45) is 5.92 Å². The number of carboxylic acid groups (broad SMARTS) is 1. The van der Waals surface area contributed by atoms with Gasteiger partial charge in [0, 0.05) is 33.6 Å². The Hall–Kier alpha value is -1.10. The molecule has 0 aromatic heterocycles. The Labute approximate surface area is 90.7 Å². The second kappa shape index (κ2) is 6.40. The molecule has 0 rings (SSSR count). The molecule has 0 aliphatic heterocycles. The topological polar surface area (TPSA) is 60.9 Å². The highest BCUT2D eigenvalue weighted by molar-refractivity contribution is 5.75. The Morgan fingerprint density at radius 1 is 1.27 bits per heavy atom. The molecule has 0 bridgehead atoms. The molecule has 0 aromatic carbocycles. The molecule has 15 heavy (non-hydrogen) atoms. The van der Waals surface area contributed by atoms with Gasteiger partial charge in [-0.25, -0.2) is 0 Å². The molecule has 1 unspecified atom stereocenters. The summed E-state index contributed by atoms with van der Waals surface area (Å²) in [4.78, 5) is 25.2. The van der Waals surface area contributed by atoms with Crippen LogP contribution in [-0.2, 0) is 9.59 Å². The van der Waals surface area contributed by atoms with Gasteiger partial charge in [0.1, 0.15) is 0 Å². The Balaban J connectivity index is 3.80. The summed E-state index contributed by atoms with van der Waals surface area (Å²) in [7, 11) is 5.24. The summed E-state index contributed by atoms with van der Waals surface area (Å²) in [5.74, 6) is -1.14. The SMILES string of the molecule is CC(CN(C)CCC(=O)N(C)C)C(=O)O. The lowest BCUT2D eigenvalue weighted by molar-refractivity contribution is -0.141. The van der Waals surface area contributed by atoms with E-state index in [9.17, 15) is 9.59 Å². The van der Waals surface area contributed by atoms with Crippen molar-refractivity contribution < 1.29 is 14.7 Å². The largest absolute Gasteiger partial charge is 0.481 e. The van der Waals surface area contributed by atoms with Crippen molar-refractivity contribution in [3.63, 3.8) is 0 Å². The van der Waals surface area contributed by atoms with Crippen LogP contribution in [0.1, 0.15) is 13.3 Å². The van der Waals surface area contributed by atoms with Gasteiger partial charge in [-0.2, -0.15) is 0 Å². The number of aliphatic carboxylic acids is 1. The van der Waals surface area contributed by atoms with Crippen LogP contribution in [0.25, 0.3) is 0 Å². The van der Waals surface area contributed by atoms with Crippen LogP contribution >= 0.6 is 0 Å². The van der Waals surface area contributed by atoms with E-state index in [4.69, 9.17) is 5.11 Å². The summed E-state index contributed by atoms with van der Waals surface area (Å²) >= 11 is 0. The molecular weight excluding hydrogens is 196 g/mol. The molecule has 0 fully saturated rings. The highest BCUT2D eigenvalue weighted by Gasteiger charge is 2.14. The van der Waals surface area contributed by atoms with Gasteiger partial charge < -0.3 is 14.9 Å². The molecule has 1 atom stereocenters. The monoisotopic (exact) mass is 216 g/mol. The number of carboxylic acids is 1. The first kappa shape index (κ1) is 13.9. The van der Waals surface area contributed by atoms with E-state index < -0.39 is 11.9 Å². The third kappa shape index (κ3) is 6.06. The van der Waals surface area contributed by atoms with Gasteiger partial charge in [0.25, 0.3) is 0 Å². The molecule has 5 nitrogen and oxygen atoms in total. The van der Waals surface area contributed by atoms with Crippen molar-refractivity contribution in [1.82, 2.24) is 9.80 Å². The van der Waals surface area contributed by atoms with Crippen molar-refractivity contribution in [2.75, 3.05) is 34.2 Å². The van der Waals surface area contributed by atoms with E-state index in [-0.39, 0.29) is 5.91 Å². The average molecular weight is 216 g/mol. The van der Waals surface area contributed by atoms with Crippen LogP contribution < -0.4 is 0 Å². The highest BCUT2D eigenvalue weighted by atomic mass is 16.4. The first-order chi connectivity index (χ1) is 6.84. The third-order valence-corrected chi connectivity index (χ3v) is 2.21. The number of carbonyl (C=O) groups excluding carboxylic acids is 1. The number of amides is 1. The van der Waals surface area contributed by atoms with E-state index in [0.717, 1.165) is 0 Å². The average Bonchev–Trinajstić information content (AvgIpc) is 2.13.